The second-order valence-electron chi connectivity index (χ2n) is 7.00. The third-order valence-corrected chi connectivity index (χ3v) is 4.72. The molecular formula is C22H26Cl2N6. The molecule has 0 bridgehead atoms. The van der Waals surface area contributed by atoms with Crippen LogP contribution in [0, 0.1) is 0 Å². The summed E-state index contributed by atoms with van der Waals surface area (Å²) in [7, 11) is 8.08. The van der Waals surface area contributed by atoms with Crippen LogP contribution in [0.25, 0.3) is 0 Å². The number of hydrogen-bond donors (Lipinski definition) is 0. The lowest BCUT2D eigenvalue weighted by atomic mass is 10.2. The van der Waals surface area contributed by atoms with Crippen LogP contribution in [0.15, 0.2) is 71.1 Å². The van der Waals surface area contributed by atoms with Crippen LogP contribution in [0.1, 0.15) is 17.0 Å². The van der Waals surface area contributed by atoms with Gasteiger partial charge in [0.1, 0.15) is 5.88 Å². The molecule has 6 nitrogen and oxygen atoms in total. The van der Waals surface area contributed by atoms with Crippen LogP contribution in [-0.4, -0.2) is 45.3 Å². The maximum Gasteiger partial charge on any atom is 0.322 e. The molecule has 0 saturated carbocycles. The molecule has 2 aromatic carbocycles. The molecule has 1 aromatic heterocycles. The highest BCUT2D eigenvalue weighted by molar-refractivity contribution is 6.16. The molecule has 3 rings (SSSR count). The van der Waals surface area contributed by atoms with Crippen LogP contribution < -0.4 is 26.9 Å². The van der Waals surface area contributed by atoms with E-state index >= 15 is 0 Å². The molecule has 0 aliphatic rings. The standard InChI is InChI=1S/C22H26ClN6.ClH/c1-26(2)20-9-5-18(6-10-20)16-24-28-13-14-29(22(28)15-23)25-17-19-7-11-21(12-8-19)27(3)4;/h5-14,16-17H,15H2,1-4H3;1H/q+1;/p-1/b24-16+,25-17+;. The molecule has 0 aliphatic heterocycles. The summed E-state index contributed by atoms with van der Waals surface area (Å²) in [5.74, 6) is 1.06. The fourth-order valence-electron chi connectivity index (χ4n) is 2.71. The van der Waals surface area contributed by atoms with Crippen molar-refractivity contribution < 1.29 is 17.1 Å². The highest BCUT2D eigenvalue weighted by atomic mass is 35.5. The molecule has 0 spiro atoms. The molecule has 0 fully saturated rings. The number of imidazole rings is 1. The van der Waals surface area contributed by atoms with Crippen molar-refractivity contribution in [3.63, 3.8) is 0 Å². The van der Waals surface area contributed by atoms with Crippen molar-refractivity contribution in [2.75, 3.05) is 38.0 Å². The number of alkyl halides is 1. The van der Waals surface area contributed by atoms with E-state index in [-0.39, 0.29) is 12.4 Å². The Hall–Kier alpha value is -2.83. The van der Waals surface area contributed by atoms with E-state index in [9.17, 15) is 0 Å². The monoisotopic (exact) mass is 444 g/mol. The minimum absolute atomic E-state index is 0. The van der Waals surface area contributed by atoms with E-state index in [4.69, 9.17) is 11.6 Å². The third-order valence-electron chi connectivity index (χ3n) is 4.48. The van der Waals surface area contributed by atoms with Crippen molar-refractivity contribution >= 4 is 35.4 Å². The van der Waals surface area contributed by atoms with Gasteiger partial charge < -0.3 is 22.2 Å². The normalized spacial score (nSPS) is 11.1. The van der Waals surface area contributed by atoms with Gasteiger partial charge in [0.05, 0.1) is 12.4 Å². The Morgan fingerprint density at radius 2 is 1.37 bits per heavy atom. The summed E-state index contributed by atoms with van der Waals surface area (Å²) >= 11 is 6.15. The van der Waals surface area contributed by atoms with Crippen molar-refractivity contribution in [1.29, 1.82) is 0 Å². The molecule has 0 amide bonds. The fraction of sp³-hybridized carbons (Fsp3) is 0.227. The summed E-state index contributed by atoms with van der Waals surface area (Å²) < 4.78 is 3.47. The molecule has 0 N–H and O–H groups in total. The third kappa shape index (κ3) is 5.84. The van der Waals surface area contributed by atoms with Crippen molar-refractivity contribution in [3.8, 4) is 0 Å². The van der Waals surface area contributed by atoms with Crippen LogP contribution >= 0.6 is 11.6 Å². The Bertz CT molecular complexity index is 910. The van der Waals surface area contributed by atoms with E-state index in [0.717, 1.165) is 28.3 Å². The van der Waals surface area contributed by atoms with Gasteiger partial charge >= 0.3 is 5.82 Å². The minimum atomic E-state index is 0. The Labute approximate surface area is 189 Å². The van der Waals surface area contributed by atoms with Gasteiger partial charge in [0.15, 0.2) is 12.4 Å². The molecule has 3 aromatic rings. The summed E-state index contributed by atoms with van der Waals surface area (Å²) in [6.45, 7) is 0. The van der Waals surface area contributed by atoms with E-state index in [1.165, 1.54) is 0 Å². The number of halogens is 2. The van der Waals surface area contributed by atoms with E-state index < -0.39 is 0 Å². The Kier molecular flexibility index (Phi) is 8.45. The zero-order chi connectivity index (χ0) is 20.8. The van der Waals surface area contributed by atoms with Crippen LogP contribution in [0.3, 0.4) is 0 Å². The molecule has 0 aliphatic carbocycles. The highest BCUT2D eigenvalue weighted by Crippen LogP contribution is 2.12. The average molecular weight is 445 g/mol. The van der Waals surface area contributed by atoms with E-state index in [1.54, 1.807) is 9.35 Å². The topological polar surface area (TPSA) is 40.0 Å². The SMILES string of the molecule is CN(C)c1ccc(/C=N/n2cc[n+](/N=C/c3ccc(N(C)C)cc3)c2CCl)cc1.[Cl-]. The molecule has 0 atom stereocenters. The van der Waals surface area contributed by atoms with Gasteiger partial charge in [0, 0.05) is 39.6 Å². The Morgan fingerprint density at radius 1 is 0.867 bits per heavy atom. The van der Waals surface area contributed by atoms with Gasteiger partial charge in [-0.2, -0.15) is 0 Å². The number of hydrogen-bond acceptors (Lipinski definition) is 4. The van der Waals surface area contributed by atoms with Crippen LogP contribution in [-0.2, 0) is 5.88 Å². The zero-order valence-electron chi connectivity index (χ0n) is 17.6. The molecular weight excluding hydrogens is 419 g/mol. The van der Waals surface area contributed by atoms with E-state index in [0.29, 0.717) is 5.88 Å². The number of benzene rings is 2. The smallest absolute Gasteiger partial charge is 0.322 e. The van der Waals surface area contributed by atoms with Crippen LogP contribution in [0.2, 0.25) is 0 Å². The van der Waals surface area contributed by atoms with Gasteiger partial charge in [-0.15, -0.1) is 21.0 Å². The lowest BCUT2D eigenvalue weighted by Crippen LogP contribution is -3.00. The zero-order valence-corrected chi connectivity index (χ0v) is 19.1. The summed E-state index contributed by atoms with van der Waals surface area (Å²) in [6, 6.07) is 16.4. The largest absolute Gasteiger partial charge is 1.00 e. The minimum Gasteiger partial charge on any atom is -1.00 e. The van der Waals surface area contributed by atoms with Crippen LogP contribution in [0.4, 0.5) is 11.4 Å². The number of anilines is 2. The van der Waals surface area contributed by atoms with Gasteiger partial charge in [-0.05, 0) is 35.4 Å². The van der Waals surface area contributed by atoms with Crippen molar-refractivity contribution in [1.82, 2.24) is 4.68 Å². The first-order valence-electron chi connectivity index (χ1n) is 9.29. The van der Waals surface area contributed by atoms with Crippen molar-refractivity contribution in [2.24, 2.45) is 10.2 Å². The van der Waals surface area contributed by atoms with Gasteiger partial charge in [-0.1, -0.05) is 34.5 Å². The predicted molar refractivity (Wildman–Crippen MR) is 122 cm³/mol. The number of aromatic nitrogens is 2. The van der Waals surface area contributed by atoms with Crippen molar-refractivity contribution in [2.45, 2.75) is 5.88 Å². The number of rotatable bonds is 7. The molecule has 30 heavy (non-hydrogen) atoms. The summed E-state index contributed by atoms with van der Waals surface area (Å²) in [4.78, 5) is 4.13. The van der Waals surface area contributed by atoms with Crippen LogP contribution in [0.5, 0.6) is 0 Å². The molecule has 158 valence electrons. The first-order valence-corrected chi connectivity index (χ1v) is 9.82. The lowest BCUT2D eigenvalue weighted by Gasteiger charge is -2.11. The summed E-state index contributed by atoms with van der Waals surface area (Å²) in [5, 5.41) is 9.04. The van der Waals surface area contributed by atoms with Gasteiger partial charge in [0.2, 0.25) is 0 Å². The number of nitrogens with zero attached hydrogens (tertiary/aromatic N) is 6. The molecule has 0 saturated heterocycles. The summed E-state index contributed by atoms with van der Waals surface area (Å²) in [5.41, 5.74) is 4.33. The lowest BCUT2D eigenvalue weighted by molar-refractivity contribution is -0.684. The Morgan fingerprint density at radius 3 is 1.83 bits per heavy atom. The molecule has 1 heterocycles. The molecule has 0 unspecified atom stereocenters. The van der Waals surface area contributed by atoms with Gasteiger partial charge in [-0.3, -0.25) is 0 Å². The maximum absolute atomic E-state index is 6.15. The van der Waals surface area contributed by atoms with E-state index in [1.807, 2.05) is 77.3 Å². The maximum atomic E-state index is 6.15. The summed E-state index contributed by atoms with van der Waals surface area (Å²) in [6.07, 6.45) is 7.30. The second kappa shape index (κ2) is 10.8. The van der Waals surface area contributed by atoms with Gasteiger partial charge in [-0.25, -0.2) is 0 Å². The molecule has 0 radical (unpaired) electrons. The second-order valence-corrected chi connectivity index (χ2v) is 7.27. The highest BCUT2D eigenvalue weighted by Gasteiger charge is 2.15. The quantitative estimate of drug-likeness (QED) is 0.301. The molecule has 8 heteroatoms. The first-order chi connectivity index (χ1) is 14.0. The average Bonchev–Trinajstić information content (AvgIpc) is 3.13. The fourth-order valence-corrected chi connectivity index (χ4v) is 2.96. The van der Waals surface area contributed by atoms with E-state index in [2.05, 4.69) is 44.3 Å². The Balaban J connectivity index is 0.00000320. The van der Waals surface area contributed by atoms with Crippen molar-refractivity contribution in [3.05, 3.63) is 77.9 Å². The predicted octanol–water partition coefficient (Wildman–Crippen LogP) is 0.415. The van der Waals surface area contributed by atoms with Gasteiger partial charge in [0.25, 0.3) is 0 Å². The first kappa shape index (κ1) is 23.4.